The highest BCUT2D eigenvalue weighted by Crippen LogP contribution is 2.22. The lowest BCUT2D eigenvalue weighted by atomic mass is 10.3. The Morgan fingerprint density at radius 2 is 1.79 bits per heavy atom. The zero-order valence-corrected chi connectivity index (χ0v) is 14.1. The van der Waals surface area contributed by atoms with Gasteiger partial charge in [0.1, 0.15) is 12.4 Å². The fourth-order valence-corrected chi connectivity index (χ4v) is 3.14. The third kappa shape index (κ3) is 4.67. The van der Waals surface area contributed by atoms with Crippen LogP contribution in [0.25, 0.3) is 0 Å². The average molecular weight is 373 g/mol. The summed E-state index contributed by atoms with van der Waals surface area (Å²) in [5.41, 5.74) is 0.769. The fourth-order valence-electron chi connectivity index (χ4n) is 1.81. The molecule has 2 aromatic rings. The fraction of sp³-hybridized carbons (Fsp3) is 0.133. The first-order valence-corrected chi connectivity index (χ1v) is 8.54. The van der Waals surface area contributed by atoms with E-state index >= 15 is 0 Å². The number of ether oxygens (including phenoxy) is 1. The second-order valence-corrected chi connectivity index (χ2v) is 6.83. The van der Waals surface area contributed by atoms with E-state index in [0.717, 1.165) is 18.2 Å². The topological polar surface area (TPSA) is 84.5 Å². The lowest BCUT2D eigenvalue weighted by Gasteiger charge is -2.10. The molecule has 6 nitrogen and oxygen atoms in total. The van der Waals surface area contributed by atoms with E-state index < -0.39 is 15.8 Å². The van der Waals surface area contributed by atoms with Crippen molar-refractivity contribution in [3.05, 3.63) is 53.3 Å². The molecule has 0 aliphatic carbocycles. The van der Waals surface area contributed by atoms with Crippen LogP contribution < -0.4 is 10.0 Å². The van der Waals surface area contributed by atoms with E-state index in [2.05, 4.69) is 10.0 Å². The number of amides is 1. The van der Waals surface area contributed by atoms with Gasteiger partial charge in [-0.05, 0) is 42.5 Å². The Hall–Kier alpha value is -2.16. The minimum Gasteiger partial charge on any atom is -0.375 e. The van der Waals surface area contributed by atoms with Gasteiger partial charge in [-0.25, -0.2) is 12.8 Å². The molecule has 128 valence electrons. The molecule has 24 heavy (non-hydrogen) atoms. The number of anilines is 2. The van der Waals surface area contributed by atoms with Crippen molar-refractivity contribution in [2.24, 2.45) is 0 Å². The largest absolute Gasteiger partial charge is 0.375 e. The molecular formula is C15H14ClFN2O4S. The van der Waals surface area contributed by atoms with E-state index in [1.165, 1.54) is 31.4 Å². The predicted octanol–water partition coefficient (Wildman–Crippen LogP) is 2.86. The van der Waals surface area contributed by atoms with Gasteiger partial charge in [-0.15, -0.1) is 0 Å². The van der Waals surface area contributed by atoms with Gasteiger partial charge >= 0.3 is 0 Å². The van der Waals surface area contributed by atoms with Crippen LogP contribution in [-0.4, -0.2) is 28.0 Å². The molecule has 2 N–H and O–H groups in total. The van der Waals surface area contributed by atoms with Gasteiger partial charge in [-0.1, -0.05) is 11.6 Å². The summed E-state index contributed by atoms with van der Waals surface area (Å²) in [5.74, 6) is -1.03. The number of methoxy groups -OCH3 is 1. The van der Waals surface area contributed by atoms with Crippen LogP contribution in [0.4, 0.5) is 15.8 Å². The maximum Gasteiger partial charge on any atom is 0.261 e. The Morgan fingerprint density at radius 1 is 1.17 bits per heavy atom. The van der Waals surface area contributed by atoms with Gasteiger partial charge in [0.15, 0.2) is 0 Å². The van der Waals surface area contributed by atoms with Crippen LogP contribution in [0.1, 0.15) is 0 Å². The quantitative estimate of drug-likeness (QED) is 0.816. The van der Waals surface area contributed by atoms with Gasteiger partial charge in [0.25, 0.3) is 10.0 Å². The van der Waals surface area contributed by atoms with Gasteiger partial charge in [0.05, 0.1) is 9.92 Å². The summed E-state index contributed by atoms with van der Waals surface area (Å²) in [7, 11) is -2.50. The first-order valence-electron chi connectivity index (χ1n) is 6.68. The molecule has 1 amide bonds. The van der Waals surface area contributed by atoms with Crippen LogP contribution in [0.3, 0.4) is 0 Å². The first-order chi connectivity index (χ1) is 11.3. The van der Waals surface area contributed by atoms with Gasteiger partial charge < -0.3 is 10.1 Å². The molecule has 0 saturated carbocycles. The van der Waals surface area contributed by atoms with Crippen LogP contribution in [0.5, 0.6) is 0 Å². The zero-order valence-electron chi connectivity index (χ0n) is 12.5. The summed E-state index contributed by atoms with van der Waals surface area (Å²) >= 11 is 5.60. The van der Waals surface area contributed by atoms with Crippen molar-refractivity contribution in [1.82, 2.24) is 0 Å². The normalized spacial score (nSPS) is 11.1. The Morgan fingerprint density at radius 3 is 2.38 bits per heavy atom. The van der Waals surface area contributed by atoms with Crippen LogP contribution in [-0.2, 0) is 19.6 Å². The number of benzene rings is 2. The Labute approximate surface area is 143 Å². The number of rotatable bonds is 6. The Kier molecular flexibility index (Phi) is 5.76. The minimum absolute atomic E-state index is 0.0836. The molecule has 0 aliphatic heterocycles. The third-order valence-corrected chi connectivity index (χ3v) is 4.57. The summed E-state index contributed by atoms with van der Waals surface area (Å²) in [6.45, 7) is -0.0836. The lowest BCUT2D eigenvalue weighted by Crippen LogP contribution is -2.17. The molecule has 0 spiro atoms. The molecule has 0 heterocycles. The van der Waals surface area contributed by atoms with E-state index in [9.17, 15) is 17.6 Å². The zero-order chi connectivity index (χ0) is 17.7. The van der Waals surface area contributed by atoms with Crippen molar-refractivity contribution < 1.29 is 22.3 Å². The smallest absolute Gasteiger partial charge is 0.261 e. The highest BCUT2D eigenvalue weighted by molar-refractivity contribution is 7.92. The lowest BCUT2D eigenvalue weighted by molar-refractivity contribution is -0.119. The molecule has 0 radical (unpaired) electrons. The predicted molar refractivity (Wildman–Crippen MR) is 89.2 cm³/mol. The number of hydrogen-bond donors (Lipinski definition) is 2. The number of hydrogen-bond acceptors (Lipinski definition) is 4. The summed E-state index contributed by atoms with van der Waals surface area (Å²) in [6.07, 6.45) is 0. The molecule has 0 bridgehead atoms. The summed E-state index contributed by atoms with van der Waals surface area (Å²) in [5, 5.41) is 2.29. The van der Waals surface area contributed by atoms with Crippen molar-refractivity contribution in [2.75, 3.05) is 23.8 Å². The average Bonchev–Trinajstić information content (AvgIpc) is 2.52. The molecule has 0 aromatic heterocycles. The van der Waals surface area contributed by atoms with Gasteiger partial charge in [-0.3, -0.25) is 9.52 Å². The number of carbonyl (C=O) groups is 1. The molecule has 0 atom stereocenters. The molecular weight excluding hydrogens is 359 g/mol. The summed E-state index contributed by atoms with van der Waals surface area (Å²) in [6, 6.07) is 9.13. The SMILES string of the molecule is COCC(=O)Nc1ccc(NS(=O)(=O)c2ccc(F)c(Cl)c2)cc1. The summed E-state index contributed by atoms with van der Waals surface area (Å²) in [4.78, 5) is 11.2. The Bertz CT molecular complexity index is 841. The highest BCUT2D eigenvalue weighted by Gasteiger charge is 2.16. The molecule has 2 aromatic carbocycles. The number of halogens is 2. The third-order valence-electron chi connectivity index (χ3n) is 2.90. The van der Waals surface area contributed by atoms with Crippen molar-refractivity contribution in [3.8, 4) is 0 Å². The van der Waals surface area contributed by atoms with E-state index in [1.54, 1.807) is 0 Å². The summed E-state index contributed by atoms with van der Waals surface area (Å²) < 4.78 is 44.6. The van der Waals surface area contributed by atoms with Gasteiger partial charge in [-0.2, -0.15) is 0 Å². The molecule has 0 unspecified atom stereocenters. The minimum atomic E-state index is -3.91. The van der Waals surface area contributed by atoms with Crippen molar-refractivity contribution >= 4 is 38.9 Å². The maximum absolute atomic E-state index is 13.1. The number of carbonyl (C=O) groups excluding carboxylic acids is 1. The second-order valence-electron chi connectivity index (χ2n) is 4.74. The van der Waals surface area contributed by atoms with Crippen LogP contribution in [0.2, 0.25) is 5.02 Å². The monoisotopic (exact) mass is 372 g/mol. The van der Waals surface area contributed by atoms with Crippen molar-refractivity contribution in [3.63, 3.8) is 0 Å². The molecule has 0 saturated heterocycles. The van der Waals surface area contributed by atoms with E-state index in [1.807, 2.05) is 0 Å². The standard InChI is InChI=1S/C15H14ClFN2O4S/c1-23-9-15(20)18-10-2-4-11(5-3-10)19-24(21,22)12-6-7-14(17)13(16)8-12/h2-8,19H,9H2,1H3,(H,18,20). The van der Waals surface area contributed by atoms with E-state index in [-0.39, 0.29) is 28.1 Å². The Balaban J connectivity index is 2.12. The maximum atomic E-state index is 13.1. The van der Waals surface area contributed by atoms with Gasteiger partial charge in [0.2, 0.25) is 5.91 Å². The van der Waals surface area contributed by atoms with Crippen LogP contribution in [0.15, 0.2) is 47.4 Å². The van der Waals surface area contributed by atoms with E-state index in [4.69, 9.17) is 16.3 Å². The van der Waals surface area contributed by atoms with Crippen LogP contribution >= 0.6 is 11.6 Å². The van der Waals surface area contributed by atoms with Crippen LogP contribution in [0, 0.1) is 5.82 Å². The molecule has 0 fully saturated rings. The van der Waals surface area contributed by atoms with Crippen molar-refractivity contribution in [2.45, 2.75) is 4.90 Å². The molecule has 9 heteroatoms. The van der Waals surface area contributed by atoms with E-state index in [0.29, 0.717) is 5.69 Å². The molecule has 0 aliphatic rings. The number of sulfonamides is 1. The second kappa shape index (κ2) is 7.61. The molecule has 2 rings (SSSR count). The van der Waals surface area contributed by atoms with Gasteiger partial charge in [0, 0.05) is 18.5 Å². The highest BCUT2D eigenvalue weighted by atomic mass is 35.5. The number of nitrogens with one attached hydrogen (secondary N) is 2. The first kappa shape index (κ1) is 18.2. The van der Waals surface area contributed by atoms with Crippen molar-refractivity contribution in [1.29, 1.82) is 0 Å².